The van der Waals surface area contributed by atoms with E-state index in [-0.39, 0.29) is 0 Å². The van der Waals surface area contributed by atoms with Crippen LogP contribution in [-0.2, 0) is 13.1 Å². The minimum absolute atomic E-state index is 0.782. The quantitative estimate of drug-likeness (QED) is 0.606. The zero-order valence-electron chi connectivity index (χ0n) is 9.66. The fraction of sp³-hybridized carbons (Fsp3) is 0.143. The number of nitrogens with zero attached hydrogens (tertiary/aromatic N) is 1. The number of fused-ring (bicyclic) bond motifs is 1. The van der Waals surface area contributed by atoms with Crippen LogP contribution in [0.3, 0.4) is 0 Å². The number of benzene rings is 2. The van der Waals surface area contributed by atoms with Gasteiger partial charge in [-0.1, -0.05) is 17.7 Å². The molecule has 1 heterocycles. The molecule has 2 N–H and O–H groups in total. The SMILES string of the molecule is Nc1ccc2c(c1)CN(c1ccc(Cl)cc1I)C2. The van der Waals surface area contributed by atoms with Gasteiger partial charge in [0, 0.05) is 27.4 Å². The van der Waals surface area contributed by atoms with Gasteiger partial charge in [0.1, 0.15) is 0 Å². The maximum absolute atomic E-state index is 5.99. The van der Waals surface area contributed by atoms with E-state index in [4.69, 9.17) is 17.3 Å². The van der Waals surface area contributed by atoms with Gasteiger partial charge in [-0.3, -0.25) is 0 Å². The summed E-state index contributed by atoms with van der Waals surface area (Å²) in [6.45, 7) is 1.85. The molecule has 0 aliphatic carbocycles. The molecule has 0 atom stereocenters. The highest BCUT2D eigenvalue weighted by molar-refractivity contribution is 14.1. The molecule has 3 rings (SSSR count). The predicted molar refractivity (Wildman–Crippen MR) is 84.9 cm³/mol. The van der Waals surface area contributed by atoms with Crippen molar-refractivity contribution in [3.8, 4) is 0 Å². The van der Waals surface area contributed by atoms with Crippen LogP contribution in [0.15, 0.2) is 36.4 Å². The van der Waals surface area contributed by atoms with Crippen LogP contribution in [0.25, 0.3) is 0 Å². The van der Waals surface area contributed by atoms with Crippen LogP contribution < -0.4 is 10.6 Å². The molecule has 0 spiro atoms. The monoisotopic (exact) mass is 370 g/mol. The Balaban J connectivity index is 1.93. The van der Waals surface area contributed by atoms with Gasteiger partial charge in [-0.15, -0.1) is 0 Å². The normalized spacial score (nSPS) is 13.8. The minimum atomic E-state index is 0.782. The Labute approximate surface area is 125 Å². The molecule has 0 fully saturated rings. The Morgan fingerprint density at radius 3 is 2.61 bits per heavy atom. The molecule has 0 bridgehead atoms. The second-order valence-corrected chi connectivity index (χ2v) is 6.08. The van der Waals surface area contributed by atoms with Crippen molar-refractivity contribution in [1.82, 2.24) is 0 Å². The standard InChI is InChI=1S/C14H12ClIN2/c15-11-2-4-14(13(16)6-11)18-7-9-1-3-12(17)5-10(9)8-18/h1-6H,7-8,17H2. The van der Waals surface area contributed by atoms with Gasteiger partial charge in [0.2, 0.25) is 0 Å². The zero-order valence-corrected chi connectivity index (χ0v) is 12.6. The molecule has 18 heavy (non-hydrogen) atoms. The highest BCUT2D eigenvalue weighted by atomic mass is 127. The Morgan fingerprint density at radius 1 is 1.06 bits per heavy atom. The number of nitrogens with two attached hydrogens (primary N) is 1. The smallest absolute Gasteiger partial charge is 0.0508 e. The molecule has 0 radical (unpaired) electrons. The first-order valence-electron chi connectivity index (χ1n) is 5.71. The van der Waals surface area contributed by atoms with E-state index >= 15 is 0 Å². The number of hydrogen-bond acceptors (Lipinski definition) is 2. The van der Waals surface area contributed by atoms with E-state index in [1.165, 1.54) is 20.4 Å². The van der Waals surface area contributed by atoms with Crippen molar-refractivity contribution in [3.05, 3.63) is 56.1 Å². The first-order chi connectivity index (χ1) is 8.63. The van der Waals surface area contributed by atoms with Crippen LogP contribution in [0.1, 0.15) is 11.1 Å². The maximum atomic E-state index is 5.99. The van der Waals surface area contributed by atoms with Crippen molar-refractivity contribution < 1.29 is 0 Å². The molecule has 2 aromatic rings. The third kappa shape index (κ3) is 2.17. The van der Waals surface area contributed by atoms with E-state index in [1.54, 1.807) is 0 Å². The van der Waals surface area contributed by atoms with Crippen LogP contribution >= 0.6 is 34.2 Å². The molecule has 0 aromatic heterocycles. The Bertz CT molecular complexity index is 613. The molecule has 4 heteroatoms. The van der Waals surface area contributed by atoms with Gasteiger partial charge in [0.05, 0.1) is 5.69 Å². The van der Waals surface area contributed by atoms with Gasteiger partial charge in [0.25, 0.3) is 0 Å². The summed E-state index contributed by atoms with van der Waals surface area (Å²) >= 11 is 8.32. The van der Waals surface area contributed by atoms with Gasteiger partial charge in [-0.2, -0.15) is 0 Å². The van der Waals surface area contributed by atoms with E-state index in [1.807, 2.05) is 18.2 Å². The Morgan fingerprint density at radius 2 is 1.83 bits per heavy atom. The van der Waals surface area contributed by atoms with Crippen molar-refractivity contribution in [2.24, 2.45) is 0 Å². The molecule has 92 valence electrons. The fourth-order valence-electron chi connectivity index (χ4n) is 2.32. The van der Waals surface area contributed by atoms with Gasteiger partial charge in [-0.05, 0) is 64.0 Å². The summed E-state index contributed by atoms with van der Waals surface area (Å²) in [5, 5.41) is 0.782. The second kappa shape index (κ2) is 4.63. The largest absolute Gasteiger partial charge is 0.399 e. The van der Waals surface area contributed by atoms with Crippen molar-refractivity contribution in [2.75, 3.05) is 10.6 Å². The number of halogens is 2. The third-order valence-corrected chi connectivity index (χ3v) is 4.30. The van der Waals surface area contributed by atoms with E-state index in [0.29, 0.717) is 0 Å². The van der Waals surface area contributed by atoms with Crippen LogP contribution in [0.4, 0.5) is 11.4 Å². The van der Waals surface area contributed by atoms with Gasteiger partial charge in [0.15, 0.2) is 0 Å². The molecule has 1 aliphatic rings. The summed E-state index contributed by atoms with van der Waals surface area (Å²) in [4.78, 5) is 2.35. The van der Waals surface area contributed by atoms with E-state index in [0.717, 1.165) is 23.8 Å². The summed E-state index contributed by atoms with van der Waals surface area (Å²) in [7, 11) is 0. The Hall–Kier alpha value is -0.940. The average molecular weight is 371 g/mol. The predicted octanol–water partition coefficient (Wildman–Crippen LogP) is 4.05. The van der Waals surface area contributed by atoms with Gasteiger partial charge >= 0.3 is 0 Å². The summed E-state index contributed by atoms with van der Waals surface area (Å²) in [6.07, 6.45) is 0. The molecule has 0 saturated carbocycles. The van der Waals surface area contributed by atoms with Crippen molar-refractivity contribution in [2.45, 2.75) is 13.1 Å². The first kappa shape index (κ1) is 12.1. The van der Waals surface area contributed by atoms with Crippen molar-refractivity contribution in [1.29, 1.82) is 0 Å². The average Bonchev–Trinajstić information content (AvgIpc) is 2.71. The van der Waals surface area contributed by atoms with E-state index in [2.05, 4.69) is 45.7 Å². The highest BCUT2D eigenvalue weighted by Crippen LogP contribution is 2.33. The van der Waals surface area contributed by atoms with Crippen LogP contribution in [-0.4, -0.2) is 0 Å². The molecule has 1 aliphatic heterocycles. The fourth-order valence-corrected chi connectivity index (χ4v) is 3.54. The lowest BCUT2D eigenvalue weighted by Crippen LogP contribution is -2.15. The first-order valence-corrected chi connectivity index (χ1v) is 7.16. The summed E-state index contributed by atoms with van der Waals surface area (Å²) < 4.78 is 1.18. The lowest BCUT2D eigenvalue weighted by Gasteiger charge is -2.19. The topological polar surface area (TPSA) is 29.3 Å². The van der Waals surface area contributed by atoms with E-state index < -0.39 is 0 Å². The number of hydrogen-bond donors (Lipinski definition) is 1. The van der Waals surface area contributed by atoms with E-state index in [9.17, 15) is 0 Å². The molecule has 0 amide bonds. The third-order valence-electron chi connectivity index (χ3n) is 3.20. The maximum Gasteiger partial charge on any atom is 0.0508 e. The summed E-state index contributed by atoms with van der Waals surface area (Å²) in [5.74, 6) is 0. The van der Waals surface area contributed by atoms with Gasteiger partial charge in [-0.25, -0.2) is 0 Å². The molecule has 2 aromatic carbocycles. The number of anilines is 2. The molecule has 0 unspecified atom stereocenters. The minimum Gasteiger partial charge on any atom is -0.399 e. The van der Waals surface area contributed by atoms with Crippen LogP contribution in [0.5, 0.6) is 0 Å². The van der Waals surface area contributed by atoms with Crippen LogP contribution in [0, 0.1) is 3.57 Å². The summed E-state index contributed by atoms with van der Waals surface area (Å²) in [5.41, 5.74) is 10.6. The molecule has 2 nitrogen and oxygen atoms in total. The van der Waals surface area contributed by atoms with Crippen molar-refractivity contribution >= 4 is 45.6 Å². The lowest BCUT2D eigenvalue weighted by molar-refractivity contribution is 0.877. The number of rotatable bonds is 1. The highest BCUT2D eigenvalue weighted by Gasteiger charge is 2.20. The Kier molecular flexibility index (Phi) is 3.11. The molecular formula is C14H12ClIN2. The molecular weight excluding hydrogens is 359 g/mol. The lowest BCUT2D eigenvalue weighted by atomic mass is 10.1. The van der Waals surface area contributed by atoms with Crippen molar-refractivity contribution in [3.63, 3.8) is 0 Å². The molecule has 0 saturated heterocycles. The second-order valence-electron chi connectivity index (χ2n) is 4.48. The van der Waals surface area contributed by atoms with Gasteiger partial charge < -0.3 is 10.6 Å². The van der Waals surface area contributed by atoms with Crippen LogP contribution in [0.2, 0.25) is 5.02 Å². The number of nitrogen functional groups attached to an aromatic ring is 1. The summed E-state index contributed by atoms with van der Waals surface area (Å²) in [6, 6.07) is 12.2. The zero-order chi connectivity index (χ0) is 12.7.